The predicted molar refractivity (Wildman–Crippen MR) is 127 cm³/mol. The van der Waals surface area contributed by atoms with E-state index in [9.17, 15) is 25.0 Å². The highest BCUT2D eigenvalue weighted by Gasteiger charge is 2.22. The lowest BCUT2D eigenvalue weighted by atomic mass is 10.2. The van der Waals surface area contributed by atoms with Crippen LogP contribution in [0.3, 0.4) is 0 Å². The summed E-state index contributed by atoms with van der Waals surface area (Å²) in [5, 5.41) is 27.8. The van der Waals surface area contributed by atoms with Gasteiger partial charge in [-0.15, -0.1) is 0 Å². The third kappa shape index (κ3) is 4.34. The molecule has 2 N–H and O–H groups in total. The summed E-state index contributed by atoms with van der Waals surface area (Å²) in [6, 6.07) is 12.0. The molecule has 1 aliphatic rings. The topological polar surface area (TPSA) is 142 Å². The standard InChI is InChI=1S/C22H17N5O6S/c1-12-9-14(10-18-21(28)24-22(34)23-18)13(2)25(12)15-3-6-17(7-4-15)33-20-8-5-16(26(29)30)11-19(20)27(31)32/h3-11H,1-2H3,(H2,23,24,28,34). The van der Waals surface area contributed by atoms with Gasteiger partial charge in [-0.1, -0.05) is 0 Å². The number of hydrogen-bond donors (Lipinski definition) is 2. The monoisotopic (exact) mass is 479 g/mol. The molecule has 1 aromatic heterocycles. The Balaban J connectivity index is 1.61. The van der Waals surface area contributed by atoms with Crippen LogP contribution in [0.25, 0.3) is 11.8 Å². The van der Waals surface area contributed by atoms with Gasteiger partial charge in [0.15, 0.2) is 5.11 Å². The Kier molecular flexibility index (Phi) is 5.82. The quantitative estimate of drug-likeness (QED) is 0.233. The van der Waals surface area contributed by atoms with Crippen molar-refractivity contribution in [3.63, 3.8) is 0 Å². The van der Waals surface area contributed by atoms with Crippen LogP contribution in [0, 0.1) is 34.1 Å². The van der Waals surface area contributed by atoms with E-state index in [1.807, 2.05) is 24.5 Å². The Hall–Kier alpha value is -4.58. The zero-order valence-electron chi connectivity index (χ0n) is 17.9. The number of aryl methyl sites for hydroxylation is 1. The Labute approximate surface area is 197 Å². The number of nitro benzene ring substituents is 2. The minimum absolute atomic E-state index is 0.106. The second-order valence-corrected chi connectivity index (χ2v) is 7.80. The zero-order chi connectivity index (χ0) is 24.6. The molecule has 0 unspecified atom stereocenters. The fourth-order valence-electron chi connectivity index (χ4n) is 3.61. The summed E-state index contributed by atoms with van der Waals surface area (Å²) in [6.45, 7) is 3.83. The number of rotatable bonds is 6. The van der Waals surface area contributed by atoms with E-state index in [2.05, 4.69) is 10.6 Å². The number of non-ortho nitro benzene ring substituents is 1. The molecule has 12 heteroatoms. The second kappa shape index (κ2) is 8.75. The van der Waals surface area contributed by atoms with Crippen molar-refractivity contribution >= 4 is 40.7 Å². The van der Waals surface area contributed by atoms with Crippen LogP contribution in [0.4, 0.5) is 11.4 Å². The van der Waals surface area contributed by atoms with Gasteiger partial charge in [0.2, 0.25) is 5.75 Å². The summed E-state index contributed by atoms with van der Waals surface area (Å²) < 4.78 is 7.61. The summed E-state index contributed by atoms with van der Waals surface area (Å²) in [5.41, 5.74) is 2.91. The summed E-state index contributed by atoms with van der Waals surface area (Å²) in [7, 11) is 0. The van der Waals surface area contributed by atoms with Crippen molar-refractivity contribution in [2.24, 2.45) is 0 Å². The lowest BCUT2D eigenvalue weighted by Crippen LogP contribution is -2.21. The number of nitro groups is 2. The van der Waals surface area contributed by atoms with Gasteiger partial charge < -0.3 is 14.6 Å². The lowest BCUT2D eigenvalue weighted by molar-refractivity contribution is -0.394. The van der Waals surface area contributed by atoms with Gasteiger partial charge in [-0.05, 0) is 74.1 Å². The van der Waals surface area contributed by atoms with Gasteiger partial charge in [-0.2, -0.15) is 0 Å². The number of ether oxygens (including phenoxy) is 1. The minimum atomic E-state index is -0.731. The first-order chi connectivity index (χ1) is 16.1. The summed E-state index contributed by atoms with van der Waals surface area (Å²) in [4.78, 5) is 32.7. The molecular formula is C22H17N5O6S. The fourth-order valence-corrected chi connectivity index (χ4v) is 3.81. The number of benzene rings is 2. The van der Waals surface area contributed by atoms with E-state index in [1.165, 1.54) is 6.07 Å². The highest BCUT2D eigenvalue weighted by atomic mass is 32.1. The van der Waals surface area contributed by atoms with Crippen molar-refractivity contribution in [3.05, 3.63) is 91.4 Å². The van der Waals surface area contributed by atoms with Crippen molar-refractivity contribution in [2.75, 3.05) is 0 Å². The Morgan fingerprint density at radius 1 is 1.00 bits per heavy atom. The Bertz CT molecular complexity index is 1390. The van der Waals surface area contributed by atoms with Crippen LogP contribution < -0.4 is 15.4 Å². The number of carbonyl (C=O) groups is 1. The van der Waals surface area contributed by atoms with Crippen molar-refractivity contribution in [3.8, 4) is 17.2 Å². The maximum atomic E-state index is 11.9. The molecule has 3 aromatic rings. The predicted octanol–water partition coefficient (Wildman–Crippen LogP) is 4.05. The van der Waals surface area contributed by atoms with Crippen LogP contribution in [0.5, 0.6) is 11.5 Å². The highest BCUT2D eigenvalue weighted by molar-refractivity contribution is 7.80. The molecule has 1 saturated heterocycles. The number of hydrogen-bond acceptors (Lipinski definition) is 7. The van der Waals surface area contributed by atoms with E-state index in [-0.39, 0.29) is 16.8 Å². The zero-order valence-corrected chi connectivity index (χ0v) is 18.7. The number of aromatic nitrogens is 1. The molecule has 34 heavy (non-hydrogen) atoms. The van der Waals surface area contributed by atoms with Crippen molar-refractivity contribution < 1.29 is 19.4 Å². The maximum absolute atomic E-state index is 11.9. The first kappa shape index (κ1) is 22.6. The molecule has 0 spiro atoms. The molecule has 0 aliphatic carbocycles. The van der Waals surface area contributed by atoms with Crippen molar-refractivity contribution in [1.29, 1.82) is 0 Å². The van der Waals surface area contributed by atoms with E-state index < -0.39 is 21.2 Å². The van der Waals surface area contributed by atoms with E-state index in [1.54, 1.807) is 30.3 Å². The molecule has 0 atom stereocenters. The third-order valence-electron chi connectivity index (χ3n) is 5.16. The molecule has 0 bridgehead atoms. The minimum Gasteiger partial charge on any atom is -0.450 e. The summed E-state index contributed by atoms with van der Waals surface area (Å²) >= 11 is 4.96. The molecule has 1 aliphatic heterocycles. The van der Waals surface area contributed by atoms with Gasteiger partial charge in [-0.25, -0.2) is 0 Å². The molecule has 11 nitrogen and oxygen atoms in total. The lowest BCUT2D eigenvalue weighted by Gasteiger charge is -2.11. The first-order valence-electron chi connectivity index (χ1n) is 9.88. The molecule has 2 aromatic carbocycles. The molecule has 1 amide bonds. The van der Waals surface area contributed by atoms with Crippen LogP contribution in [0.15, 0.2) is 54.2 Å². The third-order valence-corrected chi connectivity index (χ3v) is 5.37. The molecule has 0 saturated carbocycles. The first-order valence-corrected chi connectivity index (χ1v) is 10.3. The normalized spacial score (nSPS) is 14.1. The largest absolute Gasteiger partial charge is 0.450 e. The second-order valence-electron chi connectivity index (χ2n) is 7.39. The van der Waals surface area contributed by atoms with E-state index in [0.29, 0.717) is 11.4 Å². The van der Waals surface area contributed by atoms with E-state index >= 15 is 0 Å². The average molecular weight is 479 g/mol. The molecule has 0 radical (unpaired) electrons. The number of amides is 1. The van der Waals surface area contributed by atoms with Crippen LogP contribution in [-0.2, 0) is 4.79 Å². The van der Waals surface area contributed by atoms with E-state index in [4.69, 9.17) is 17.0 Å². The molecule has 2 heterocycles. The van der Waals surface area contributed by atoms with Crippen LogP contribution in [0.2, 0.25) is 0 Å². The van der Waals surface area contributed by atoms with E-state index in [0.717, 1.165) is 34.8 Å². The smallest absolute Gasteiger partial charge is 0.318 e. The fraction of sp³-hybridized carbons (Fsp3) is 0.0909. The van der Waals surface area contributed by atoms with Crippen LogP contribution in [-0.4, -0.2) is 25.4 Å². The molecular weight excluding hydrogens is 462 g/mol. The number of nitrogens with zero attached hydrogens (tertiary/aromatic N) is 3. The molecule has 1 fully saturated rings. The Morgan fingerprint density at radius 3 is 2.29 bits per heavy atom. The molecule has 4 rings (SSSR count). The van der Waals surface area contributed by atoms with Crippen molar-refractivity contribution in [2.45, 2.75) is 13.8 Å². The van der Waals surface area contributed by atoms with Crippen LogP contribution >= 0.6 is 12.2 Å². The number of thiocarbonyl (C=S) groups is 1. The van der Waals surface area contributed by atoms with Gasteiger partial charge in [-0.3, -0.25) is 30.3 Å². The summed E-state index contributed by atoms with van der Waals surface area (Å²) in [5.74, 6) is -0.0756. The highest BCUT2D eigenvalue weighted by Crippen LogP contribution is 2.35. The Morgan fingerprint density at radius 2 is 1.71 bits per heavy atom. The van der Waals surface area contributed by atoms with Crippen molar-refractivity contribution in [1.82, 2.24) is 15.2 Å². The molecule has 172 valence electrons. The van der Waals surface area contributed by atoms with Gasteiger partial charge >= 0.3 is 5.69 Å². The number of nitrogens with one attached hydrogen (secondary N) is 2. The van der Waals surface area contributed by atoms with Crippen LogP contribution in [0.1, 0.15) is 17.0 Å². The SMILES string of the molecule is Cc1cc(C=C2NC(=S)NC2=O)c(C)n1-c1ccc(Oc2ccc([N+](=O)[O-])cc2[N+](=O)[O-])cc1. The van der Waals surface area contributed by atoms with Gasteiger partial charge in [0.1, 0.15) is 11.4 Å². The summed E-state index contributed by atoms with van der Waals surface area (Å²) in [6.07, 6.45) is 1.72. The average Bonchev–Trinajstić information content (AvgIpc) is 3.25. The van der Waals surface area contributed by atoms with Gasteiger partial charge in [0.25, 0.3) is 11.6 Å². The maximum Gasteiger partial charge on any atom is 0.318 e. The van der Waals surface area contributed by atoms with Gasteiger partial charge in [0.05, 0.1) is 15.9 Å². The van der Waals surface area contributed by atoms with Gasteiger partial charge in [0, 0.05) is 23.1 Å². The number of carbonyl (C=O) groups excluding carboxylic acids is 1.